The molecule has 0 unspecified atom stereocenters. The van der Waals surface area contributed by atoms with Gasteiger partial charge in [-0.3, -0.25) is 14.6 Å². The number of aryl methyl sites for hydroxylation is 1. The van der Waals surface area contributed by atoms with E-state index in [2.05, 4.69) is 9.80 Å². The third-order valence-corrected chi connectivity index (χ3v) is 6.22. The second-order valence-electron chi connectivity index (χ2n) is 8.50. The van der Waals surface area contributed by atoms with Crippen molar-refractivity contribution in [2.45, 2.75) is 20.4 Å². The van der Waals surface area contributed by atoms with Crippen LogP contribution in [0.25, 0.3) is 11.0 Å². The number of fused-ring (bicyclic) bond motifs is 3. The molecule has 0 atom stereocenters. The van der Waals surface area contributed by atoms with Crippen LogP contribution in [-0.4, -0.2) is 62.5 Å². The summed E-state index contributed by atoms with van der Waals surface area (Å²) in [6.07, 6.45) is 0. The van der Waals surface area contributed by atoms with E-state index in [0.717, 1.165) is 50.7 Å². The van der Waals surface area contributed by atoms with Gasteiger partial charge in [0.05, 0.1) is 30.8 Å². The fourth-order valence-corrected chi connectivity index (χ4v) is 4.39. The van der Waals surface area contributed by atoms with Crippen molar-refractivity contribution >= 4 is 11.0 Å². The van der Waals surface area contributed by atoms with Gasteiger partial charge in [-0.05, 0) is 38.1 Å². The summed E-state index contributed by atoms with van der Waals surface area (Å²) in [5.74, 6) is 2.41. The number of rotatable bonds is 7. The van der Waals surface area contributed by atoms with Crippen molar-refractivity contribution in [2.75, 3.05) is 52.7 Å². The molecule has 1 aromatic heterocycles. The van der Waals surface area contributed by atoms with E-state index >= 15 is 0 Å². The molecule has 8 nitrogen and oxygen atoms in total. The molecule has 8 heteroatoms. The van der Waals surface area contributed by atoms with Gasteiger partial charge in [0, 0.05) is 32.7 Å². The third kappa shape index (κ3) is 4.61. The van der Waals surface area contributed by atoms with Crippen LogP contribution < -0.4 is 19.6 Å². The number of hydrogen-bond acceptors (Lipinski definition) is 8. The van der Waals surface area contributed by atoms with Gasteiger partial charge in [-0.2, -0.15) is 0 Å². The first-order valence-corrected chi connectivity index (χ1v) is 11.8. The zero-order valence-corrected chi connectivity index (χ0v) is 19.7. The van der Waals surface area contributed by atoms with Crippen molar-refractivity contribution in [2.24, 2.45) is 0 Å². The number of nitrogens with zero attached hydrogens (tertiary/aromatic N) is 2. The van der Waals surface area contributed by atoms with E-state index in [1.807, 2.05) is 31.2 Å². The molecule has 2 aliphatic heterocycles. The molecule has 0 amide bonds. The maximum atomic E-state index is 13.4. The van der Waals surface area contributed by atoms with Gasteiger partial charge in [-0.15, -0.1) is 0 Å². The molecule has 5 rings (SSSR count). The number of para-hydroxylation sites is 2. The summed E-state index contributed by atoms with van der Waals surface area (Å²) in [4.78, 5) is 18.1. The van der Waals surface area contributed by atoms with Crippen molar-refractivity contribution in [1.82, 2.24) is 9.80 Å². The largest absolute Gasteiger partial charge is 0.490 e. The number of benzene rings is 2. The maximum absolute atomic E-state index is 13.4. The lowest BCUT2D eigenvalue weighted by atomic mass is 10.1. The molecular weight excluding hydrogens is 436 g/mol. The predicted octanol–water partition coefficient (Wildman–Crippen LogP) is 3.78. The molecule has 0 aliphatic carbocycles. The molecule has 0 N–H and O–H groups in total. The molecule has 0 spiro atoms. The molecule has 1 saturated heterocycles. The average molecular weight is 467 g/mol. The Kier molecular flexibility index (Phi) is 6.71. The highest BCUT2D eigenvalue weighted by Gasteiger charge is 2.25. The van der Waals surface area contributed by atoms with Crippen LogP contribution in [0.5, 0.6) is 23.0 Å². The Balaban J connectivity index is 1.42. The molecule has 1 fully saturated rings. The zero-order valence-electron chi connectivity index (χ0n) is 19.7. The summed E-state index contributed by atoms with van der Waals surface area (Å²) >= 11 is 0. The monoisotopic (exact) mass is 466 g/mol. The fourth-order valence-electron chi connectivity index (χ4n) is 4.39. The Labute approximate surface area is 198 Å². The summed E-state index contributed by atoms with van der Waals surface area (Å²) < 4.78 is 29.3. The van der Waals surface area contributed by atoms with Crippen LogP contribution in [0.15, 0.2) is 45.6 Å². The predicted molar refractivity (Wildman–Crippen MR) is 128 cm³/mol. The second kappa shape index (κ2) is 10.0. The molecule has 0 bridgehead atoms. The van der Waals surface area contributed by atoms with Crippen LogP contribution >= 0.6 is 0 Å². The lowest BCUT2D eigenvalue weighted by molar-refractivity contribution is 0.0241. The molecule has 2 aromatic carbocycles. The summed E-state index contributed by atoms with van der Waals surface area (Å²) in [5, 5.41) is 0.479. The Hall–Kier alpha value is -3.07. The molecular formula is C26H30N2O6. The van der Waals surface area contributed by atoms with E-state index in [1.165, 1.54) is 0 Å². The highest BCUT2D eigenvalue weighted by atomic mass is 16.5. The first-order valence-electron chi connectivity index (χ1n) is 11.8. The van der Waals surface area contributed by atoms with Gasteiger partial charge in [0.1, 0.15) is 23.8 Å². The summed E-state index contributed by atoms with van der Waals surface area (Å²) in [6, 6.07) is 10.9. The maximum Gasteiger partial charge on any atom is 0.235 e. The molecule has 0 saturated carbocycles. The van der Waals surface area contributed by atoms with E-state index in [4.69, 9.17) is 23.4 Å². The van der Waals surface area contributed by atoms with Gasteiger partial charge in [0.25, 0.3) is 0 Å². The SMILES string of the molecule is CCOc1ccccc1Oc1c(C)oc2c3c(ccc2c1=O)OCN(CCN1CCOCC1)C3. The van der Waals surface area contributed by atoms with E-state index < -0.39 is 0 Å². The minimum absolute atomic E-state index is 0.167. The molecule has 2 aliphatic rings. The van der Waals surface area contributed by atoms with E-state index in [0.29, 0.717) is 48.1 Å². The first-order chi connectivity index (χ1) is 16.6. The minimum Gasteiger partial charge on any atom is -0.490 e. The van der Waals surface area contributed by atoms with Crippen LogP contribution in [0.4, 0.5) is 0 Å². The Morgan fingerprint density at radius 3 is 2.56 bits per heavy atom. The van der Waals surface area contributed by atoms with E-state index in [-0.39, 0.29) is 11.2 Å². The standard InChI is InChI=1S/C26H30N2O6/c1-3-31-22-6-4-5-7-23(22)34-25-18(2)33-26-19(24(25)29)8-9-21-20(26)16-28(17-32-21)11-10-27-12-14-30-15-13-27/h4-9H,3,10-17H2,1-2H3. The van der Waals surface area contributed by atoms with Gasteiger partial charge in [0.2, 0.25) is 11.2 Å². The van der Waals surface area contributed by atoms with Crippen molar-refractivity contribution < 1.29 is 23.4 Å². The molecule has 0 radical (unpaired) electrons. The molecule has 3 aromatic rings. The van der Waals surface area contributed by atoms with E-state index in [9.17, 15) is 4.79 Å². The van der Waals surface area contributed by atoms with Crippen LogP contribution in [0.3, 0.4) is 0 Å². The van der Waals surface area contributed by atoms with Gasteiger partial charge in [-0.25, -0.2) is 0 Å². The van der Waals surface area contributed by atoms with Gasteiger partial charge in [-0.1, -0.05) is 12.1 Å². The highest BCUT2D eigenvalue weighted by Crippen LogP contribution is 2.36. The van der Waals surface area contributed by atoms with Crippen molar-refractivity contribution in [1.29, 1.82) is 0 Å². The highest BCUT2D eigenvalue weighted by molar-refractivity contribution is 5.83. The second-order valence-corrected chi connectivity index (χ2v) is 8.50. The quantitative estimate of drug-likeness (QED) is 0.521. The number of morpholine rings is 1. The Morgan fingerprint density at radius 1 is 1.00 bits per heavy atom. The van der Waals surface area contributed by atoms with Gasteiger partial charge < -0.3 is 23.4 Å². The van der Waals surface area contributed by atoms with Gasteiger partial charge in [0.15, 0.2) is 11.5 Å². The Bertz CT molecular complexity index is 1220. The third-order valence-electron chi connectivity index (χ3n) is 6.22. The molecule has 3 heterocycles. The van der Waals surface area contributed by atoms with Crippen molar-refractivity contribution in [3.8, 4) is 23.0 Å². The number of ether oxygens (including phenoxy) is 4. The zero-order chi connectivity index (χ0) is 23.5. The van der Waals surface area contributed by atoms with Crippen LogP contribution in [0, 0.1) is 6.92 Å². The van der Waals surface area contributed by atoms with Crippen LogP contribution in [0.2, 0.25) is 0 Å². The lowest BCUT2D eigenvalue weighted by Gasteiger charge is -2.32. The van der Waals surface area contributed by atoms with Crippen LogP contribution in [0.1, 0.15) is 18.2 Å². The van der Waals surface area contributed by atoms with Crippen LogP contribution in [-0.2, 0) is 11.3 Å². The average Bonchev–Trinajstić information content (AvgIpc) is 2.87. The fraction of sp³-hybridized carbons (Fsp3) is 0.423. The smallest absolute Gasteiger partial charge is 0.235 e. The molecule has 180 valence electrons. The minimum atomic E-state index is -0.210. The first kappa shape index (κ1) is 22.7. The van der Waals surface area contributed by atoms with Crippen molar-refractivity contribution in [3.63, 3.8) is 0 Å². The lowest BCUT2D eigenvalue weighted by Crippen LogP contribution is -2.43. The molecule has 34 heavy (non-hydrogen) atoms. The summed E-state index contributed by atoms with van der Waals surface area (Å²) in [6.45, 7) is 10.6. The summed E-state index contributed by atoms with van der Waals surface area (Å²) in [7, 11) is 0. The van der Waals surface area contributed by atoms with E-state index in [1.54, 1.807) is 19.1 Å². The van der Waals surface area contributed by atoms with Gasteiger partial charge >= 0.3 is 0 Å². The topological polar surface area (TPSA) is 73.6 Å². The Morgan fingerprint density at radius 2 is 1.76 bits per heavy atom. The number of hydrogen-bond donors (Lipinski definition) is 0. The summed E-state index contributed by atoms with van der Waals surface area (Å²) in [5.41, 5.74) is 1.24. The normalized spacial score (nSPS) is 16.8. The van der Waals surface area contributed by atoms with Crippen molar-refractivity contribution in [3.05, 3.63) is 57.9 Å².